The quantitative estimate of drug-likeness (QED) is 0.589. The standard InChI is InChI=1S/2C7H16N.C3H6/c2*1-8(2)6-4-3-5-7-8;1-2-3-1/h2*3-7H2,1-2H3;1-3H2/q2*+1;. The van der Waals surface area contributed by atoms with Crippen molar-refractivity contribution in [1.29, 1.82) is 0 Å². The molecule has 0 unspecified atom stereocenters. The molecule has 2 heterocycles. The molecule has 1 aliphatic carbocycles. The number of quaternary nitrogens is 2. The Kier molecular flexibility index (Phi) is 7.38. The minimum absolute atomic E-state index is 1.25. The van der Waals surface area contributed by atoms with Gasteiger partial charge >= 0.3 is 0 Å². The summed E-state index contributed by atoms with van der Waals surface area (Å²) in [6.45, 7) is 5.56. The van der Waals surface area contributed by atoms with Gasteiger partial charge in [0, 0.05) is 0 Å². The molecule has 2 saturated heterocycles. The van der Waals surface area contributed by atoms with Crippen molar-refractivity contribution in [3.63, 3.8) is 0 Å². The average molecular weight is 271 g/mol. The van der Waals surface area contributed by atoms with Crippen LogP contribution < -0.4 is 0 Å². The summed E-state index contributed by atoms with van der Waals surface area (Å²) < 4.78 is 2.50. The zero-order valence-electron chi connectivity index (χ0n) is 14.1. The lowest BCUT2D eigenvalue weighted by atomic mass is 10.1. The first kappa shape index (κ1) is 17.0. The molecule has 0 aromatic rings. The maximum absolute atomic E-state index is 2.32. The van der Waals surface area contributed by atoms with Gasteiger partial charge in [0.25, 0.3) is 0 Å². The summed E-state index contributed by atoms with van der Waals surface area (Å²) in [6.07, 6.45) is 13.2. The summed E-state index contributed by atoms with van der Waals surface area (Å²) in [6, 6.07) is 0. The highest BCUT2D eigenvalue weighted by atomic mass is 15.3. The van der Waals surface area contributed by atoms with Crippen molar-refractivity contribution >= 4 is 0 Å². The van der Waals surface area contributed by atoms with E-state index in [0.717, 1.165) is 0 Å². The molecule has 3 rings (SSSR count). The number of nitrogens with zero attached hydrogens (tertiary/aromatic N) is 2. The van der Waals surface area contributed by atoms with E-state index >= 15 is 0 Å². The van der Waals surface area contributed by atoms with Crippen LogP contribution in [-0.2, 0) is 0 Å². The van der Waals surface area contributed by atoms with Gasteiger partial charge in [-0.3, -0.25) is 0 Å². The maximum Gasteiger partial charge on any atom is 0.0782 e. The van der Waals surface area contributed by atoms with E-state index in [2.05, 4.69) is 28.2 Å². The van der Waals surface area contributed by atoms with E-state index < -0.39 is 0 Å². The average Bonchev–Trinajstić information content (AvgIpc) is 3.16. The lowest BCUT2D eigenvalue weighted by Gasteiger charge is -2.33. The lowest BCUT2D eigenvalue weighted by molar-refractivity contribution is -0.894. The van der Waals surface area contributed by atoms with Crippen molar-refractivity contribution in [3.05, 3.63) is 0 Å². The number of rotatable bonds is 0. The molecular weight excluding hydrogens is 232 g/mol. The number of piperidine rings is 2. The molecule has 0 N–H and O–H groups in total. The highest BCUT2D eigenvalue weighted by Gasteiger charge is 2.18. The van der Waals surface area contributed by atoms with E-state index in [1.165, 1.54) is 92.9 Å². The third-order valence-corrected chi connectivity index (χ3v) is 4.41. The van der Waals surface area contributed by atoms with Gasteiger partial charge in [0.05, 0.1) is 54.4 Å². The van der Waals surface area contributed by atoms with Crippen molar-refractivity contribution in [3.8, 4) is 0 Å². The SMILES string of the molecule is C1CC1.C[N+]1(C)CCCCC1.C[N+]1(C)CCCCC1. The Morgan fingerprint density at radius 3 is 0.684 bits per heavy atom. The smallest absolute Gasteiger partial charge is 0.0782 e. The fourth-order valence-corrected chi connectivity index (χ4v) is 2.74. The molecule has 0 aromatic carbocycles. The summed E-state index contributed by atoms with van der Waals surface area (Å²) in [4.78, 5) is 0. The molecule has 114 valence electrons. The Hall–Kier alpha value is -0.0800. The van der Waals surface area contributed by atoms with Crippen molar-refractivity contribution in [1.82, 2.24) is 0 Å². The van der Waals surface area contributed by atoms with E-state index in [1.54, 1.807) is 0 Å². The van der Waals surface area contributed by atoms with Crippen LogP contribution in [-0.4, -0.2) is 63.3 Å². The van der Waals surface area contributed by atoms with Crippen LogP contribution in [0.4, 0.5) is 0 Å². The van der Waals surface area contributed by atoms with E-state index in [0.29, 0.717) is 0 Å². The fraction of sp³-hybridized carbons (Fsp3) is 1.00. The van der Waals surface area contributed by atoms with E-state index in [1.807, 2.05) is 0 Å². The summed E-state index contributed by atoms with van der Waals surface area (Å²) >= 11 is 0. The molecule has 2 nitrogen and oxygen atoms in total. The molecule has 3 aliphatic rings. The molecule has 0 spiro atoms. The van der Waals surface area contributed by atoms with Crippen LogP contribution in [0.2, 0.25) is 0 Å². The van der Waals surface area contributed by atoms with Gasteiger partial charge in [0.2, 0.25) is 0 Å². The Morgan fingerprint density at radius 1 is 0.368 bits per heavy atom. The molecule has 0 aromatic heterocycles. The minimum atomic E-state index is 1.25. The summed E-state index contributed by atoms with van der Waals surface area (Å²) in [7, 11) is 9.27. The van der Waals surface area contributed by atoms with Gasteiger partial charge in [0.1, 0.15) is 0 Å². The second-order valence-electron chi connectivity index (χ2n) is 7.95. The predicted octanol–water partition coefficient (Wildman–Crippen LogP) is 3.66. The fourth-order valence-electron chi connectivity index (χ4n) is 2.74. The Morgan fingerprint density at radius 2 is 0.579 bits per heavy atom. The largest absolute Gasteiger partial charge is 0.328 e. The molecule has 3 fully saturated rings. The van der Waals surface area contributed by atoms with Gasteiger partial charge in [-0.15, -0.1) is 0 Å². The number of hydrogen-bond donors (Lipinski definition) is 0. The maximum atomic E-state index is 2.32. The molecule has 2 heteroatoms. The third-order valence-electron chi connectivity index (χ3n) is 4.41. The third kappa shape index (κ3) is 10.4. The van der Waals surface area contributed by atoms with Gasteiger partial charge in [-0.25, -0.2) is 0 Å². The van der Waals surface area contributed by atoms with Crippen LogP contribution in [0.15, 0.2) is 0 Å². The highest BCUT2D eigenvalue weighted by Crippen LogP contribution is 2.15. The topological polar surface area (TPSA) is 0 Å². The highest BCUT2D eigenvalue weighted by molar-refractivity contribution is 4.50. The monoisotopic (exact) mass is 270 g/mol. The predicted molar refractivity (Wildman–Crippen MR) is 85.2 cm³/mol. The summed E-state index contributed by atoms with van der Waals surface area (Å²) in [5, 5.41) is 0. The van der Waals surface area contributed by atoms with Gasteiger partial charge < -0.3 is 8.97 Å². The van der Waals surface area contributed by atoms with E-state index in [-0.39, 0.29) is 0 Å². The van der Waals surface area contributed by atoms with Crippen LogP contribution in [0.25, 0.3) is 0 Å². The zero-order valence-corrected chi connectivity index (χ0v) is 14.1. The molecular formula is C17H38N2+2. The Balaban J connectivity index is 0.000000156. The molecule has 2 aliphatic heterocycles. The molecule has 19 heavy (non-hydrogen) atoms. The summed E-state index contributed by atoms with van der Waals surface area (Å²) in [5.74, 6) is 0. The van der Waals surface area contributed by atoms with Crippen molar-refractivity contribution < 1.29 is 8.97 Å². The van der Waals surface area contributed by atoms with Crippen LogP contribution in [0.1, 0.15) is 57.8 Å². The normalized spacial score (nSPS) is 27.2. The first-order valence-electron chi connectivity index (χ1n) is 8.55. The minimum Gasteiger partial charge on any atom is -0.328 e. The van der Waals surface area contributed by atoms with Crippen molar-refractivity contribution in [2.75, 3.05) is 54.4 Å². The van der Waals surface area contributed by atoms with Crippen LogP contribution in [0.5, 0.6) is 0 Å². The number of likely N-dealkylation sites (tertiary alicyclic amines) is 2. The Labute approximate surface area is 122 Å². The molecule has 0 amide bonds. The number of hydrogen-bond acceptors (Lipinski definition) is 0. The molecule has 1 saturated carbocycles. The summed E-state index contributed by atoms with van der Waals surface area (Å²) in [5.41, 5.74) is 0. The molecule has 0 atom stereocenters. The van der Waals surface area contributed by atoms with E-state index in [4.69, 9.17) is 0 Å². The van der Waals surface area contributed by atoms with Gasteiger partial charge in [0.15, 0.2) is 0 Å². The Bertz CT molecular complexity index is 191. The van der Waals surface area contributed by atoms with E-state index in [9.17, 15) is 0 Å². The van der Waals surface area contributed by atoms with Crippen LogP contribution in [0, 0.1) is 0 Å². The zero-order chi connectivity index (χ0) is 14.2. The second-order valence-corrected chi connectivity index (χ2v) is 7.95. The van der Waals surface area contributed by atoms with Crippen LogP contribution >= 0.6 is 0 Å². The lowest BCUT2D eigenvalue weighted by Crippen LogP contribution is -2.43. The first-order chi connectivity index (χ1) is 8.91. The van der Waals surface area contributed by atoms with Gasteiger partial charge in [-0.2, -0.15) is 0 Å². The van der Waals surface area contributed by atoms with Crippen molar-refractivity contribution in [2.24, 2.45) is 0 Å². The molecule has 0 radical (unpaired) electrons. The van der Waals surface area contributed by atoms with Crippen LogP contribution in [0.3, 0.4) is 0 Å². The second kappa shape index (κ2) is 8.26. The van der Waals surface area contributed by atoms with Gasteiger partial charge in [-0.05, 0) is 38.5 Å². The van der Waals surface area contributed by atoms with Gasteiger partial charge in [-0.1, -0.05) is 19.3 Å². The first-order valence-corrected chi connectivity index (χ1v) is 8.55. The van der Waals surface area contributed by atoms with Crippen molar-refractivity contribution in [2.45, 2.75) is 57.8 Å². The molecule has 0 bridgehead atoms.